The first-order chi connectivity index (χ1) is 6.18. The van der Waals surface area contributed by atoms with E-state index < -0.39 is 0 Å². The fourth-order valence-corrected chi connectivity index (χ4v) is 1.39. The molecule has 0 saturated heterocycles. The van der Waals surface area contributed by atoms with E-state index in [0.717, 1.165) is 6.54 Å². The second-order valence-electron chi connectivity index (χ2n) is 4.40. The van der Waals surface area contributed by atoms with Gasteiger partial charge in [0.15, 0.2) is 0 Å². The van der Waals surface area contributed by atoms with Crippen LogP contribution in [-0.2, 0) is 6.54 Å². The summed E-state index contributed by atoms with van der Waals surface area (Å²) >= 11 is 0. The lowest BCUT2D eigenvalue weighted by atomic mass is 10.1. The third kappa shape index (κ3) is 2.31. The van der Waals surface area contributed by atoms with E-state index >= 15 is 0 Å². The molecule has 2 rings (SSSR count). The second kappa shape index (κ2) is 3.15. The van der Waals surface area contributed by atoms with Crippen LogP contribution < -0.4 is 5.32 Å². The smallest absolute Gasteiger partial charge is 0.0210 e. The van der Waals surface area contributed by atoms with Crippen LogP contribution in [-0.4, -0.2) is 5.54 Å². The van der Waals surface area contributed by atoms with Crippen LogP contribution in [0.25, 0.3) is 0 Å². The summed E-state index contributed by atoms with van der Waals surface area (Å²) in [5.41, 5.74) is 3.17. The summed E-state index contributed by atoms with van der Waals surface area (Å²) in [5, 5.41) is 3.57. The summed E-state index contributed by atoms with van der Waals surface area (Å²) in [7, 11) is 0. The molecule has 0 amide bonds. The number of hydrogen-bond donors (Lipinski definition) is 1. The molecule has 1 heteroatoms. The van der Waals surface area contributed by atoms with Crippen LogP contribution in [0.5, 0.6) is 0 Å². The van der Waals surface area contributed by atoms with Crippen molar-refractivity contribution in [1.29, 1.82) is 0 Å². The van der Waals surface area contributed by atoms with Crippen LogP contribution in [0.2, 0.25) is 0 Å². The molecule has 0 spiro atoms. The number of rotatable bonds is 3. The van der Waals surface area contributed by atoms with E-state index in [1.165, 1.54) is 24.0 Å². The zero-order valence-corrected chi connectivity index (χ0v) is 8.43. The van der Waals surface area contributed by atoms with E-state index in [1.807, 2.05) is 0 Å². The highest BCUT2D eigenvalue weighted by Gasteiger charge is 2.36. The Kier molecular flexibility index (Phi) is 2.12. The zero-order chi connectivity index (χ0) is 9.31. The highest BCUT2D eigenvalue weighted by Crippen LogP contribution is 2.34. The molecule has 1 saturated carbocycles. The molecule has 0 aromatic heterocycles. The van der Waals surface area contributed by atoms with E-state index in [2.05, 4.69) is 43.4 Å². The van der Waals surface area contributed by atoms with Gasteiger partial charge < -0.3 is 5.32 Å². The molecular weight excluding hydrogens is 158 g/mol. The molecule has 0 aliphatic heterocycles. The first kappa shape index (κ1) is 8.76. The second-order valence-corrected chi connectivity index (χ2v) is 4.40. The summed E-state index contributed by atoms with van der Waals surface area (Å²) in [6, 6.07) is 8.75. The first-order valence-electron chi connectivity index (χ1n) is 4.99. The van der Waals surface area contributed by atoms with Crippen molar-refractivity contribution in [3.8, 4) is 0 Å². The average molecular weight is 175 g/mol. The zero-order valence-electron chi connectivity index (χ0n) is 8.43. The van der Waals surface area contributed by atoms with Crippen LogP contribution in [0, 0.1) is 6.92 Å². The molecule has 0 bridgehead atoms. The van der Waals surface area contributed by atoms with Gasteiger partial charge >= 0.3 is 0 Å². The molecule has 1 nitrogen and oxygen atoms in total. The summed E-state index contributed by atoms with van der Waals surface area (Å²) in [6.45, 7) is 5.43. The fourth-order valence-electron chi connectivity index (χ4n) is 1.39. The predicted molar refractivity (Wildman–Crippen MR) is 55.7 cm³/mol. The topological polar surface area (TPSA) is 12.0 Å². The lowest BCUT2D eigenvalue weighted by Crippen LogP contribution is -2.26. The molecule has 0 heterocycles. The normalized spacial score (nSPS) is 18.6. The quantitative estimate of drug-likeness (QED) is 0.744. The largest absolute Gasteiger partial charge is 0.307 e. The SMILES string of the molecule is Cc1ccc(CNC2(C)CC2)cc1. The van der Waals surface area contributed by atoms with Crippen molar-refractivity contribution in [1.82, 2.24) is 5.32 Å². The number of nitrogens with one attached hydrogen (secondary N) is 1. The Balaban J connectivity index is 1.91. The molecule has 0 atom stereocenters. The summed E-state index contributed by atoms with van der Waals surface area (Å²) in [5.74, 6) is 0. The molecule has 1 aliphatic rings. The summed E-state index contributed by atoms with van der Waals surface area (Å²) in [4.78, 5) is 0. The summed E-state index contributed by atoms with van der Waals surface area (Å²) in [6.07, 6.45) is 2.66. The number of aryl methyl sites for hydroxylation is 1. The van der Waals surface area contributed by atoms with Crippen molar-refractivity contribution < 1.29 is 0 Å². The number of hydrogen-bond acceptors (Lipinski definition) is 1. The molecular formula is C12H17N. The minimum absolute atomic E-state index is 0.449. The molecule has 1 fully saturated rings. The van der Waals surface area contributed by atoms with E-state index in [0.29, 0.717) is 5.54 Å². The Hall–Kier alpha value is -0.820. The van der Waals surface area contributed by atoms with Gasteiger partial charge in [0, 0.05) is 12.1 Å². The third-order valence-electron chi connectivity index (χ3n) is 2.84. The van der Waals surface area contributed by atoms with Gasteiger partial charge in [-0.3, -0.25) is 0 Å². The van der Waals surface area contributed by atoms with Crippen LogP contribution in [0.15, 0.2) is 24.3 Å². The lowest BCUT2D eigenvalue weighted by Gasteiger charge is -2.10. The fraction of sp³-hybridized carbons (Fsp3) is 0.500. The third-order valence-corrected chi connectivity index (χ3v) is 2.84. The van der Waals surface area contributed by atoms with Gasteiger partial charge in [-0.25, -0.2) is 0 Å². The van der Waals surface area contributed by atoms with E-state index in [-0.39, 0.29) is 0 Å². The van der Waals surface area contributed by atoms with Gasteiger partial charge in [-0.1, -0.05) is 29.8 Å². The average Bonchev–Trinajstić information content (AvgIpc) is 2.84. The maximum absolute atomic E-state index is 3.57. The Morgan fingerprint density at radius 2 is 1.85 bits per heavy atom. The minimum Gasteiger partial charge on any atom is -0.307 e. The van der Waals surface area contributed by atoms with Gasteiger partial charge in [0.25, 0.3) is 0 Å². The molecule has 0 radical (unpaired) electrons. The molecule has 13 heavy (non-hydrogen) atoms. The van der Waals surface area contributed by atoms with Gasteiger partial charge in [-0.2, -0.15) is 0 Å². The van der Waals surface area contributed by atoms with Crippen molar-refractivity contribution in [2.24, 2.45) is 0 Å². The Bertz CT molecular complexity index is 282. The van der Waals surface area contributed by atoms with Gasteiger partial charge in [0.05, 0.1) is 0 Å². The van der Waals surface area contributed by atoms with Crippen molar-refractivity contribution in [2.45, 2.75) is 38.8 Å². The molecule has 1 aromatic carbocycles. The molecule has 1 N–H and O–H groups in total. The Morgan fingerprint density at radius 3 is 2.38 bits per heavy atom. The maximum atomic E-state index is 3.57. The highest BCUT2D eigenvalue weighted by atomic mass is 15.0. The standard InChI is InChI=1S/C12H17N/c1-10-3-5-11(6-4-10)9-13-12(2)7-8-12/h3-6,13H,7-9H2,1-2H3. The van der Waals surface area contributed by atoms with Crippen LogP contribution in [0.3, 0.4) is 0 Å². The molecule has 1 aromatic rings. The van der Waals surface area contributed by atoms with Crippen molar-refractivity contribution >= 4 is 0 Å². The van der Waals surface area contributed by atoms with Gasteiger partial charge in [0.2, 0.25) is 0 Å². The Labute approximate surface area is 80.2 Å². The maximum Gasteiger partial charge on any atom is 0.0210 e. The Morgan fingerprint density at radius 1 is 1.23 bits per heavy atom. The van der Waals surface area contributed by atoms with E-state index in [1.54, 1.807) is 0 Å². The van der Waals surface area contributed by atoms with Gasteiger partial charge in [-0.15, -0.1) is 0 Å². The van der Waals surface area contributed by atoms with Crippen LogP contribution in [0.4, 0.5) is 0 Å². The van der Waals surface area contributed by atoms with E-state index in [9.17, 15) is 0 Å². The minimum atomic E-state index is 0.449. The van der Waals surface area contributed by atoms with Crippen molar-refractivity contribution in [2.75, 3.05) is 0 Å². The number of benzene rings is 1. The monoisotopic (exact) mass is 175 g/mol. The van der Waals surface area contributed by atoms with Crippen molar-refractivity contribution in [3.05, 3.63) is 35.4 Å². The van der Waals surface area contributed by atoms with Crippen LogP contribution >= 0.6 is 0 Å². The van der Waals surface area contributed by atoms with Gasteiger partial charge in [-0.05, 0) is 32.3 Å². The van der Waals surface area contributed by atoms with Crippen LogP contribution in [0.1, 0.15) is 30.9 Å². The highest BCUT2D eigenvalue weighted by molar-refractivity contribution is 5.21. The van der Waals surface area contributed by atoms with Crippen molar-refractivity contribution in [3.63, 3.8) is 0 Å². The molecule has 70 valence electrons. The molecule has 0 unspecified atom stereocenters. The van der Waals surface area contributed by atoms with Gasteiger partial charge in [0.1, 0.15) is 0 Å². The summed E-state index contributed by atoms with van der Waals surface area (Å²) < 4.78 is 0. The predicted octanol–water partition coefficient (Wildman–Crippen LogP) is 2.64. The molecule has 1 aliphatic carbocycles. The first-order valence-corrected chi connectivity index (χ1v) is 4.99. The van der Waals surface area contributed by atoms with E-state index in [4.69, 9.17) is 0 Å². The lowest BCUT2D eigenvalue weighted by molar-refractivity contribution is 0.538.